The van der Waals surface area contributed by atoms with Gasteiger partial charge >= 0.3 is 0 Å². The van der Waals surface area contributed by atoms with Crippen LogP contribution in [0.25, 0.3) is 0 Å². The van der Waals surface area contributed by atoms with Gasteiger partial charge in [-0.2, -0.15) is 9.05 Å². The fourth-order valence-electron chi connectivity index (χ4n) is 7.09. The van der Waals surface area contributed by atoms with E-state index in [4.69, 9.17) is 37.5 Å². The van der Waals surface area contributed by atoms with Gasteiger partial charge in [0.15, 0.2) is 23.7 Å². The van der Waals surface area contributed by atoms with Gasteiger partial charge in [-0.05, 0) is 92.7 Å². The summed E-state index contributed by atoms with van der Waals surface area (Å²) >= 11 is 0. The molecule has 0 aromatic carbocycles. The lowest BCUT2D eigenvalue weighted by molar-refractivity contribution is -0.121. The summed E-state index contributed by atoms with van der Waals surface area (Å²) in [5, 5.41) is 0. The highest BCUT2D eigenvalue weighted by Crippen LogP contribution is 2.55. The quantitative estimate of drug-likeness (QED) is 0.0861. The predicted molar refractivity (Wildman–Crippen MR) is 294 cm³/mol. The van der Waals surface area contributed by atoms with Crippen LogP contribution in [0.15, 0.2) is 103 Å². The zero-order valence-electron chi connectivity index (χ0n) is 41.5. The highest BCUT2D eigenvalue weighted by molar-refractivity contribution is 7.64. The second-order valence-electron chi connectivity index (χ2n) is 17.0. The van der Waals surface area contributed by atoms with Gasteiger partial charge in [0.2, 0.25) is 23.1 Å². The van der Waals surface area contributed by atoms with Crippen molar-refractivity contribution in [2.24, 2.45) is 11.8 Å². The molecule has 68 heavy (non-hydrogen) atoms. The van der Waals surface area contributed by atoms with Crippen LogP contribution in [-0.4, -0.2) is 103 Å². The number of Topliss-reactive ketones (excluding diaryl/α,β-unsaturated/α-hetero) is 2. The van der Waals surface area contributed by atoms with Crippen molar-refractivity contribution >= 4 is 27.0 Å². The third-order valence-corrected chi connectivity index (χ3v) is 12.0. The van der Waals surface area contributed by atoms with Crippen LogP contribution in [0.3, 0.4) is 0 Å². The van der Waals surface area contributed by atoms with Crippen molar-refractivity contribution in [3.63, 3.8) is 0 Å². The van der Waals surface area contributed by atoms with E-state index in [1.807, 2.05) is 40.7 Å². The molecule has 0 spiro atoms. The number of methoxy groups -OCH3 is 6. The average molecular weight is 1010 g/mol. The number of carbonyl (C=O) groups excluding carboxylic acids is 2. The number of carbonyl (C=O) groups is 2. The molecule has 398 valence electrons. The van der Waals surface area contributed by atoms with Gasteiger partial charge in [0.1, 0.15) is 38.2 Å². The summed E-state index contributed by atoms with van der Waals surface area (Å²) in [5.74, 6) is 2.92. The number of ether oxygens (including phenoxy) is 6. The largest absolute Gasteiger partial charge is 0.497 e. The molecule has 0 aromatic rings. The van der Waals surface area contributed by atoms with Gasteiger partial charge in [-0.15, -0.1) is 0 Å². The normalized spacial score (nSPS) is 19.0. The Morgan fingerprint density at radius 2 is 0.824 bits per heavy atom. The Kier molecular flexibility index (Phi) is 37.9. The maximum Gasteiger partial charge on any atom is 0.267 e. The van der Waals surface area contributed by atoms with Crippen LogP contribution < -0.4 is 0 Å². The topological polar surface area (TPSA) is 148 Å². The predicted octanol–water partition coefficient (Wildman–Crippen LogP) is 14.7. The third-order valence-electron chi connectivity index (χ3n) is 10.5. The van der Waals surface area contributed by atoms with Crippen LogP contribution in [0.2, 0.25) is 0 Å². The Bertz CT molecular complexity index is 1900. The molecule has 2 N–H and O–H groups in total. The number of allylic oxidation sites excluding steroid dienone is 10. The van der Waals surface area contributed by atoms with Crippen molar-refractivity contribution in [2.75, 3.05) is 69.3 Å². The maximum absolute atomic E-state index is 12.2. The maximum atomic E-state index is 12.2. The summed E-state index contributed by atoms with van der Waals surface area (Å²) in [4.78, 5) is 44.9. The van der Waals surface area contributed by atoms with E-state index in [2.05, 4.69) is 46.8 Å². The van der Waals surface area contributed by atoms with E-state index >= 15 is 0 Å². The van der Waals surface area contributed by atoms with Crippen LogP contribution in [-0.2, 0) is 47.1 Å². The molecule has 0 bridgehead atoms. The number of hydrogen-bond acceptors (Lipinski definition) is 12. The van der Waals surface area contributed by atoms with E-state index < -0.39 is 27.6 Å². The average Bonchev–Trinajstić information content (AvgIpc) is 3.17. The third kappa shape index (κ3) is 21.2. The van der Waals surface area contributed by atoms with Crippen LogP contribution in [0, 0.1) is 11.8 Å². The first-order valence-electron chi connectivity index (χ1n) is 20.7. The van der Waals surface area contributed by atoms with E-state index in [9.17, 15) is 19.4 Å². The van der Waals surface area contributed by atoms with Gasteiger partial charge in [0.05, 0.1) is 42.7 Å². The molecule has 0 amide bonds. The fourth-order valence-corrected chi connectivity index (χ4v) is 8.60. The van der Waals surface area contributed by atoms with E-state index in [0.29, 0.717) is 47.3 Å². The minimum Gasteiger partial charge on any atom is -0.497 e. The summed E-state index contributed by atoms with van der Waals surface area (Å²) in [6.07, 6.45) is 7.25. The van der Waals surface area contributed by atoms with Gasteiger partial charge in [-0.3, -0.25) is 9.59 Å². The molecule has 4 unspecified atom stereocenters. The summed E-state index contributed by atoms with van der Waals surface area (Å²) < 4.78 is 44.2. The Morgan fingerprint density at radius 3 is 1.19 bits per heavy atom. The van der Waals surface area contributed by atoms with Crippen molar-refractivity contribution in [3.05, 3.63) is 103 Å². The van der Waals surface area contributed by atoms with Gasteiger partial charge in [-0.1, -0.05) is 105 Å². The second-order valence-corrected chi connectivity index (χ2v) is 22.6. The highest BCUT2D eigenvalue weighted by Gasteiger charge is 2.46. The number of ketones is 2. The lowest BCUT2D eigenvalue weighted by atomic mass is 9.80. The molecular weight excluding hydrogens is 903 g/mol. The molecule has 0 saturated heterocycles. The molecule has 3 aliphatic rings. The molecule has 0 fully saturated rings. The van der Waals surface area contributed by atoms with Crippen molar-refractivity contribution in [1.82, 2.24) is 0 Å². The van der Waals surface area contributed by atoms with Gasteiger partial charge in [0.25, 0.3) is 15.4 Å². The van der Waals surface area contributed by atoms with E-state index in [1.165, 1.54) is 43.6 Å². The Labute approximate surface area is 418 Å². The molecule has 0 heterocycles. The molecule has 0 aromatic heterocycles. The Balaban J connectivity index is -0.000000208. The summed E-state index contributed by atoms with van der Waals surface area (Å²) in [7, 11) is 4.17. The molecule has 3 rings (SSSR count). The minimum absolute atomic E-state index is 0. The van der Waals surface area contributed by atoms with Crippen LogP contribution in [0.4, 0.5) is 0 Å². The molecule has 4 atom stereocenters. The lowest BCUT2D eigenvalue weighted by Crippen LogP contribution is -2.34. The molecule has 0 aliphatic heterocycles. The zero-order chi connectivity index (χ0) is 48.0. The van der Waals surface area contributed by atoms with Crippen molar-refractivity contribution < 1.29 is 56.8 Å². The minimum atomic E-state index is -2.55. The summed E-state index contributed by atoms with van der Waals surface area (Å²) in [5.41, 5.74) is 9.25. The van der Waals surface area contributed by atoms with E-state index in [1.54, 1.807) is 54.9 Å². The SMILES string of the molecule is C.C.C.C.C.C.COC1=C(OC)C(=O)C(CC=C(C)C)=C(C)C1=O.COC1=C(OC)C(C)C(CC=C(C)C)=C(C)C1C.COC1=C(OC)C(O[P+](C)(C)O)C(CC=C(C)C)=C(C)C1O[P+](C)(C)O. The molecule has 3 aliphatic carbocycles. The molecule has 0 radical (unpaired) electrons. The second kappa shape index (κ2) is 33.9. The van der Waals surface area contributed by atoms with E-state index in [-0.39, 0.29) is 67.6 Å². The smallest absolute Gasteiger partial charge is 0.267 e. The van der Waals surface area contributed by atoms with Crippen LogP contribution in [0.1, 0.15) is 140 Å². The first-order valence-corrected chi connectivity index (χ1v) is 25.8. The van der Waals surface area contributed by atoms with Gasteiger partial charge in [0, 0.05) is 23.0 Å². The molecular formula is C54H102O12P2+2. The Morgan fingerprint density at radius 1 is 0.485 bits per heavy atom. The van der Waals surface area contributed by atoms with Gasteiger partial charge in [-0.25, -0.2) is 9.79 Å². The molecule has 14 heteroatoms. The fraction of sp³-hybridized carbons (Fsp3) is 0.630. The van der Waals surface area contributed by atoms with Crippen molar-refractivity contribution in [1.29, 1.82) is 0 Å². The van der Waals surface area contributed by atoms with Crippen molar-refractivity contribution in [3.8, 4) is 0 Å². The first-order chi connectivity index (χ1) is 28.7. The molecule has 12 nitrogen and oxygen atoms in total. The first kappa shape index (κ1) is 76.0. The Hall–Kier alpha value is -3.50. The number of hydrogen-bond donors (Lipinski definition) is 2. The number of rotatable bonds is 16. The lowest BCUT2D eigenvalue weighted by Gasteiger charge is -2.34. The van der Waals surface area contributed by atoms with Crippen LogP contribution >= 0.6 is 15.4 Å². The standard InChI is InChI=1S/C18H34O6P2.C16H26O2.C14H18O4.6CH4/c1-12(2)10-11-14-13(3)15(23-25(6,7)19)17(21-4)18(22-5)16(14)24-26(8,9)20;1-10(2)8-9-14-11(3)12(4)15(17-6)16(18-7)13(14)5;1-8(2)6-7-10-9(3)11(15)13(17-4)14(18-5)12(10)16;;;;;;/h10,15-16,19-20H,11H2,1-9H3;8,12-13H,9H2,1-7H3;6H,7H2,1-5H3;6*1H4/q+2;;;;;;;;. The monoisotopic (exact) mass is 1000 g/mol. The van der Waals surface area contributed by atoms with E-state index in [0.717, 1.165) is 34.7 Å². The summed E-state index contributed by atoms with van der Waals surface area (Å²) in [6.45, 7) is 29.1. The highest BCUT2D eigenvalue weighted by atomic mass is 31.2. The molecule has 0 saturated carbocycles. The zero-order valence-corrected chi connectivity index (χ0v) is 43.3. The van der Waals surface area contributed by atoms with Crippen molar-refractivity contribution in [2.45, 2.75) is 152 Å². The van der Waals surface area contributed by atoms with Crippen LogP contribution in [0.5, 0.6) is 0 Å². The van der Waals surface area contributed by atoms with Gasteiger partial charge < -0.3 is 28.4 Å². The summed E-state index contributed by atoms with van der Waals surface area (Å²) in [6, 6.07) is 0.